The molecule has 1 atom stereocenters. The quantitative estimate of drug-likeness (QED) is 0.469. The highest BCUT2D eigenvalue weighted by Crippen LogP contribution is 2.26. The SMILES string of the molecule is C=Cc1cc(CC)ccc1/C=C/[C@](C)(NC(=C)C)C(=C)CCC(=C)C. The number of nitrogens with one attached hydrogen (secondary N) is 1. The highest BCUT2D eigenvalue weighted by Gasteiger charge is 2.23. The van der Waals surface area contributed by atoms with Crippen LogP contribution in [0.15, 0.2) is 67.4 Å². The average molecular weight is 336 g/mol. The van der Waals surface area contributed by atoms with Gasteiger partial charge in [-0.1, -0.05) is 68.7 Å². The molecule has 1 N–H and O–H groups in total. The molecule has 0 spiro atoms. The van der Waals surface area contributed by atoms with E-state index in [1.54, 1.807) is 0 Å². The Morgan fingerprint density at radius 3 is 2.32 bits per heavy atom. The summed E-state index contributed by atoms with van der Waals surface area (Å²) in [7, 11) is 0. The van der Waals surface area contributed by atoms with Crippen molar-refractivity contribution in [3.05, 3.63) is 84.1 Å². The van der Waals surface area contributed by atoms with Crippen molar-refractivity contribution in [2.45, 2.75) is 52.5 Å². The highest BCUT2D eigenvalue weighted by atomic mass is 15.0. The van der Waals surface area contributed by atoms with Gasteiger partial charge in [0.05, 0.1) is 5.54 Å². The van der Waals surface area contributed by atoms with E-state index in [0.29, 0.717) is 0 Å². The number of hydrogen-bond donors (Lipinski definition) is 1. The van der Waals surface area contributed by atoms with E-state index in [4.69, 9.17) is 0 Å². The van der Waals surface area contributed by atoms with Crippen LogP contribution in [0.1, 0.15) is 57.2 Å². The van der Waals surface area contributed by atoms with Crippen LogP contribution in [0.3, 0.4) is 0 Å². The van der Waals surface area contributed by atoms with Crippen LogP contribution < -0.4 is 5.32 Å². The largest absolute Gasteiger partial charge is 0.377 e. The first-order chi connectivity index (χ1) is 11.7. The monoisotopic (exact) mass is 335 g/mol. The molecule has 0 saturated heterocycles. The van der Waals surface area contributed by atoms with E-state index in [-0.39, 0.29) is 5.54 Å². The maximum Gasteiger partial charge on any atom is 0.0738 e. The molecule has 0 unspecified atom stereocenters. The molecule has 0 amide bonds. The lowest BCUT2D eigenvalue weighted by Crippen LogP contribution is -2.40. The number of benzene rings is 1. The number of hydrogen-bond acceptors (Lipinski definition) is 1. The van der Waals surface area contributed by atoms with Gasteiger partial charge >= 0.3 is 0 Å². The summed E-state index contributed by atoms with van der Waals surface area (Å²) in [6.45, 7) is 24.6. The number of aryl methyl sites for hydroxylation is 1. The fourth-order valence-electron chi connectivity index (χ4n) is 2.74. The third-order valence-corrected chi connectivity index (χ3v) is 4.44. The van der Waals surface area contributed by atoms with Crippen LogP contribution in [0.25, 0.3) is 12.2 Å². The first-order valence-electron chi connectivity index (χ1n) is 8.92. The maximum atomic E-state index is 4.32. The van der Waals surface area contributed by atoms with Crippen molar-refractivity contribution in [3.63, 3.8) is 0 Å². The summed E-state index contributed by atoms with van der Waals surface area (Å²) in [5.74, 6) is 0. The average Bonchev–Trinajstić information content (AvgIpc) is 2.56. The Morgan fingerprint density at radius 1 is 1.12 bits per heavy atom. The Labute approximate surface area is 154 Å². The minimum absolute atomic E-state index is 0.344. The van der Waals surface area contributed by atoms with E-state index in [2.05, 4.69) is 82.8 Å². The van der Waals surface area contributed by atoms with Crippen molar-refractivity contribution >= 4 is 12.2 Å². The predicted molar refractivity (Wildman–Crippen MR) is 114 cm³/mol. The fraction of sp³-hybridized carbons (Fsp3) is 0.333. The van der Waals surface area contributed by atoms with Crippen molar-refractivity contribution in [3.8, 4) is 0 Å². The van der Waals surface area contributed by atoms with Crippen molar-refractivity contribution in [2.24, 2.45) is 0 Å². The highest BCUT2D eigenvalue weighted by molar-refractivity contribution is 5.66. The van der Waals surface area contributed by atoms with E-state index >= 15 is 0 Å². The fourth-order valence-corrected chi connectivity index (χ4v) is 2.74. The zero-order valence-corrected chi connectivity index (χ0v) is 16.4. The first-order valence-corrected chi connectivity index (χ1v) is 8.92. The molecule has 0 aliphatic carbocycles. The van der Waals surface area contributed by atoms with Crippen molar-refractivity contribution < 1.29 is 0 Å². The molecule has 0 bridgehead atoms. The van der Waals surface area contributed by atoms with E-state index < -0.39 is 0 Å². The Hall–Kier alpha value is -2.28. The normalized spacial score (nSPS) is 13.3. The smallest absolute Gasteiger partial charge is 0.0738 e. The lowest BCUT2D eigenvalue weighted by atomic mass is 9.87. The Kier molecular flexibility index (Phi) is 7.70. The standard InChI is InChI=1S/C24H33N/c1-9-21-13-14-23(22(10-2)17-21)15-16-24(8,25-19(5)6)20(7)12-11-18(3)4/h10,13-17,25H,2-3,5,7,9,11-12H2,1,4,6,8H3/b16-15+/t24-/m0/s1. The second-order valence-corrected chi connectivity index (χ2v) is 7.02. The minimum atomic E-state index is -0.344. The predicted octanol–water partition coefficient (Wildman–Crippen LogP) is 6.70. The van der Waals surface area contributed by atoms with Crippen LogP contribution in [0.5, 0.6) is 0 Å². The molecule has 0 heterocycles. The van der Waals surface area contributed by atoms with Gasteiger partial charge in [-0.05, 0) is 62.3 Å². The molecule has 0 fully saturated rings. The summed E-state index contributed by atoms with van der Waals surface area (Å²) in [5, 5.41) is 3.47. The molecule has 134 valence electrons. The molecule has 1 nitrogen and oxygen atoms in total. The van der Waals surface area contributed by atoms with Gasteiger partial charge in [-0.25, -0.2) is 0 Å². The third kappa shape index (κ3) is 6.26. The van der Waals surface area contributed by atoms with Gasteiger partial charge in [0, 0.05) is 5.70 Å². The van der Waals surface area contributed by atoms with E-state index in [1.165, 1.54) is 11.1 Å². The van der Waals surface area contributed by atoms with E-state index in [9.17, 15) is 0 Å². The van der Waals surface area contributed by atoms with Gasteiger partial charge < -0.3 is 5.32 Å². The van der Waals surface area contributed by atoms with Gasteiger partial charge in [-0.3, -0.25) is 0 Å². The second-order valence-electron chi connectivity index (χ2n) is 7.02. The summed E-state index contributed by atoms with van der Waals surface area (Å²) >= 11 is 0. The molecule has 0 aliphatic heterocycles. The van der Waals surface area contributed by atoms with Gasteiger partial charge in [0.25, 0.3) is 0 Å². The summed E-state index contributed by atoms with van der Waals surface area (Å²) < 4.78 is 0. The van der Waals surface area contributed by atoms with Crippen LogP contribution in [0, 0.1) is 0 Å². The Balaban J connectivity index is 3.14. The summed E-state index contributed by atoms with van der Waals surface area (Å²) in [6.07, 6.45) is 9.12. The molecule has 0 aromatic heterocycles. The first kappa shape index (κ1) is 20.8. The topological polar surface area (TPSA) is 12.0 Å². The van der Waals surface area contributed by atoms with Crippen LogP contribution in [-0.4, -0.2) is 5.54 Å². The van der Waals surface area contributed by atoms with Crippen LogP contribution in [-0.2, 0) is 6.42 Å². The molecule has 1 aromatic rings. The molecule has 1 rings (SSSR count). The van der Waals surface area contributed by atoms with Gasteiger partial charge in [0.2, 0.25) is 0 Å². The summed E-state index contributed by atoms with van der Waals surface area (Å²) in [6, 6.07) is 6.53. The number of allylic oxidation sites excluding steroid dienone is 2. The molecule has 1 aromatic carbocycles. The lowest BCUT2D eigenvalue weighted by molar-refractivity contribution is 0.542. The molecular formula is C24H33N. The number of rotatable bonds is 10. The third-order valence-electron chi connectivity index (χ3n) is 4.44. The van der Waals surface area contributed by atoms with Crippen molar-refractivity contribution in [2.75, 3.05) is 0 Å². The molecule has 25 heavy (non-hydrogen) atoms. The molecule has 0 radical (unpaired) electrons. The van der Waals surface area contributed by atoms with Gasteiger partial charge in [-0.2, -0.15) is 0 Å². The maximum absolute atomic E-state index is 4.32. The van der Waals surface area contributed by atoms with E-state index in [0.717, 1.165) is 41.7 Å². The van der Waals surface area contributed by atoms with Gasteiger partial charge in [-0.15, -0.1) is 6.58 Å². The van der Waals surface area contributed by atoms with Gasteiger partial charge in [0.1, 0.15) is 0 Å². The molecule has 0 aliphatic rings. The van der Waals surface area contributed by atoms with Crippen LogP contribution >= 0.6 is 0 Å². The Morgan fingerprint density at radius 2 is 1.80 bits per heavy atom. The van der Waals surface area contributed by atoms with Crippen molar-refractivity contribution in [1.29, 1.82) is 0 Å². The second kappa shape index (κ2) is 9.27. The summed E-state index contributed by atoms with van der Waals surface area (Å²) in [4.78, 5) is 0. The van der Waals surface area contributed by atoms with Crippen LogP contribution in [0.4, 0.5) is 0 Å². The molecule has 0 saturated carbocycles. The summed E-state index contributed by atoms with van der Waals surface area (Å²) in [5.41, 5.74) is 6.51. The van der Waals surface area contributed by atoms with Crippen molar-refractivity contribution in [1.82, 2.24) is 5.32 Å². The van der Waals surface area contributed by atoms with Gasteiger partial charge in [0.15, 0.2) is 0 Å². The Bertz CT molecular complexity index is 690. The zero-order valence-electron chi connectivity index (χ0n) is 16.4. The van der Waals surface area contributed by atoms with E-state index in [1.807, 2.05) is 13.0 Å². The molecular weight excluding hydrogens is 302 g/mol. The molecule has 1 heteroatoms. The van der Waals surface area contributed by atoms with Crippen LogP contribution in [0.2, 0.25) is 0 Å². The lowest BCUT2D eigenvalue weighted by Gasteiger charge is -2.32. The zero-order chi connectivity index (χ0) is 19.0. The minimum Gasteiger partial charge on any atom is -0.377 e.